The first-order chi connectivity index (χ1) is 8.70. The molecule has 1 nitrogen and oxygen atoms in total. The van der Waals surface area contributed by atoms with E-state index in [9.17, 15) is 5.11 Å². The molecule has 1 N–H and O–H groups in total. The van der Waals surface area contributed by atoms with Gasteiger partial charge in [0, 0.05) is 6.61 Å². The number of benzene rings is 1. The summed E-state index contributed by atoms with van der Waals surface area (Å²) in [5.74, 6) is 0. The van der Waals surface area contributed by atoms with Crippen LogP contribution in [0.15, 0.2) is 30.3 Å². The van der Waals surface area contributed by atoms with Crippen LogP contribution in [0, 0.1) is 5.41 Å². The first-order valence-corrected chi connectivity index (χ1v) is 7.35. The molecule has 0 amide bonds. The van der Waals surface area contributed by atoms with Crippen LogP contribution in [0.2, 0.25) is 0 Å². The van der Waals surface area contributed by atoms with Gasteiger partial charge in [-0.15, -0.1) is 0 Å². The van der Waals surface area contributed by atoms with Crippen LogP contribution < -0.4 is 0 Å². The average Bonchev–Trinajstić information content (AvgIpc) is 2.43. The predicted molar refractivity (Wildman–Crippen MR) is 78.7 cm³/mol. The molecule has 0 fully saturated rings. The average molecular weight is 248 g/mol. The summed E-state index contributed by atoms with van der Waals surface area (Å²) in [5.41, 5.74) is 1.48. The van der Waals surface area contributed by atoms with E-state index in [1.807, 2.05) is 0 Å². The lowest BCUT2D eigenvalue weighted by Crippen LogP contribution is -2.22. The van der Waals surface area contributed by atoms with Crippen molar-refractivity contribution < 1.29 is 5.11 Å². The normalized spacial score (nSPS) is 14.4. The number of unbranched alkanes of at least 4 members (excludes halogenated alkanes) is 3. The second kappa shape index (κ2) is 8.31. The fourth-order valence-corrected chi connectivity index (χ4v) is 2.35. The molecule has 1 rings (SSSR count). The predicted octanol–water partition coefficient (Wildman–Crippen LogP) is 4.59. The lowest BCUT2D eigenvalue weighted by molar-refractivity contribution is 0.120. The van der Waals surface area contributed by atoms with E-state index in [0.717, 1.165) is 19.3 Å². The van der Waals surface area contributed by atoms with Gasteiger partial charge in [-0.1, -0.05) is 69.9 Å². The minimum atomic E-state index is 0.101. The maximum atomic E-state index is 9.62. The first kappa shape index (κ1) is 15.2. The Labute approximate surface area is 112 Å². The molecule has 0 saturated carbocycles. The molecule has 1 aromatic rings. The zero-order valence-electron chi connectivity index (χ0n) is 12.0. The summed E-state index contributed by atoms with van der Waals surface area (Å²) in [6.07, 6.45) is 8.46. The van der Waals surface area contributed by atoms with Crippen molar-refractivity contribution in [1.82, 2.24) is 0 Å². The van der Waals surface area contributed by atoms with Crippen LogP contribution in [0.1, 0.15) is 57.9 Å². The summed E-state index contributed by atoms with van der Waals surface area (Å²) >= 11 is 0. The summed E-state index contributed by atoms with van der Waals surface area (Å²) < 4.78 is 0. The molecule has 18 heavy (non-hydrogen) atoms. The highest BCUT2D eigenvalue weighted by atomic mass is 16.3. The second-order valence-electron chi connectivity index (χ2n) is 5.77. The Morgan fingerprint density at radius 3 is 2.33 bits per heavy atom. The molecule has 0 aromatic heterocycles. The second-order valence-corrected chi connectivity index (χ2v) is 5.77. The molecule has 0 aliphatic carbocycles. The maximum absolute atomic E-state index is 9.62. The van der Waals surface area contributed by atoms with Gasteiger partial charge in [0.25, 0.3) is 0 Å². The summed E-state index contributed by atoms with van der Waals surface area (Å²) in [6, 6.07) is 10.6. The fraction of sp³-hybridized carbons (Fsp3) is 0.647. The van der Waals surface area contributed by atoms with Gasteiger partial charge in [-0.2, -0.15) is 0 Å². The Balaban J connectivity index is 2.35. The Bertz CT molecular complexity index is 307. The summed E-state index contributed by atoms with van der Waals surface area (Å²) in [5, 5.41) is 9.62. The molecular formula is C17H28O. The minimum absolute atomic E-state index is 0.101. The van der Waals surface area contributed by atoms with E-state index in [-0.39, 0.29) is 5.41 Å². The summed E-state index contributed by atoms with van der Waals surface area (Å²) in [4.78, 5) is 0. The number of hydrogen-bond acceptors (Lipinski definition) is 1. The molecule has 0 aliphatic rings. The van der Waals surface area contributed by atoms with Crippen molar-refractivity contribution >= 4 is 0 Å². The number of aliphatic hydroxyl groups excluding tert-OH is 1. The van der Waals surface area contributed by atoms with Crippen molar-refractivity contribution in [2.75, 3.05) is 6.61 Å². The van der Waals surface area contributed by atoms with Crippen LogP contribution in [0.4, 0.5) is 0 Å². The van der Waals surface area contributed by atoms with Gasteiger partial charge >= 0.3 is 0 Å². The van der Waals surface area contributed by atoms with Gasteiger partial charge in [-0.3, -0.25) is 0 Å². The molecule has 0 heterocycles. The van der Waals surface area contributed by atoms with E-state index in [1.165, 1.54) is 31.2 Å². The van der Waals surface area contributed by atoms with E-state index in [0.29, 0.717) is 6.61 Å². The van der Waals surface area contributed by atoms with Crippen molar-refractivity contribution in [2.24, 2.45) is 5.41 Å². The van der Waals surface area contributed by atoms with Gasteiger partial charge in [0.1, 0.15) is 0 Å². The molecule has 0 saturated heterocycles. The molecule has 0 aliphatic heterocycles. The Morgan fingerprint density at radius 1 is 1.00 bits per heavy atom. The van der Waals surface area contributed by atoms with Gasteiger partial charge in [-0.25, -0.2) is 0 Å². The Kier molecular flexibility index (Phi) is 7.04. The van der Waals surface area contributed by atoms with Crippen molar-refractivity contribution in [1.29, 1.82) is 0 Å². The molecule has 102 valence electrons. The number of rotatable bonds is 9. The van der Waals surface area contributed by atoms with Crippen molar-refractivity contribution in [3.05, 3.63) is 35.9 Å². The van der Waals surface area contributed by atoms with E-state index < -0.39 is 0 Å². The van der Waals surface area contributed by atoms with Gasteiger partial charge in [-0.05, 0) is 30.2 Å². The summed E-state index contributed by atoms with van der Waals surface area (Å²) in [6.45, 7) is 4.77. The highest BCUT2D eigenvalue weighted by Crippen LogP contribution is 2.29. The smallest absolute Gasteiger partial charge is 0.0484 e. The lowest BCUT2D eigenvalue weighted by Gasteiger charge is -2.27. The van der Waals surface area contributed by atoms with Crippen LogP contribution in [0.3, 0.4) is 0 Å². The minimum Gasteiger partial charge on any atom is -0.396 e. The number of hydrogen-bond donors (Lipinski definition) is 1. The fourth-order valence-electron chi connectivity index (χ4n) is 2.35. The van der Waals surface area contributed by atoms with Gasteiger partial charge in [0.2, 0.25) is 0 Å². The molecule has 1 aromatic carbocycles. The van der Waals surface area contributed by atoms with E-state index in [1.54, 1.807) is 0 Å². The van der Waals surface area contributed by atoms with E-state index in [2.05, 4.69) is 44.2 Å². The van der Waals surface area contributed by atoms with Gasteiger partial charge in [0.05, 0.1) is 0 Å². The third-order valence-corrected chi connectivity index (χ3v) is 3.88. The molecule has 0 bridgehead atoms. The van der Waals surface area contributed by atoms with Crippen molar-refractivity contribution in [3.8, 4) is 0 Å². The van der Waals surface area contributed by atoms with Crippen molar-refractivity contribution in [3.63, 3.8) is 0 Å². The summed E-state index contributed by atoms with van der Waals surface area (Å²) in [7, 11) is 0. The largest absolute Gasteiger partial charge is 0.396 e. The Morgan fingerprint density at radius 2 is 1.72 bits per heavy atom. The first-order valence-electron chi connectivity index (χ1n) is 7.35. The van der Waals surface area contributed by atoms with Crippen LogP contribution in [0.25, 0.3) is 0 Å². The number of aliphatic hydroxyl groups is 1. The van der Waals surface area contributed by atoms with E-state index in [4.69, 9.17) is 0 Å². The quantitative estimate of drug-likeness (QED) is 0.634. The molecular weight excluding hydrogens is 220 g/mol. The number of aryl methyl sites for hydroxylation is 1. The molecule has 1 heteroatoms. The third kappa shape index (κ3) is 5.68. The van der Waals surface area contributed by atoms with Crippen molar-refractivity contribution in [2.45, 2.75) is 58.8 Å². The SMILES string of the molecule is CCCCCC[C@@](C)(CO)CCc1ccccc1. The van der Waals surface area contributed by atoms with E-state index >= 15 is 0 Å². The van der Waals surface area contributed by atoms with Crippen LogP contribution in [0.5, 0.6) is 0 Å². The van der Waals surface area contributed by atoms with Crippen LogP contribution in [-0.2, 0) is 6.42 Å². The topological polar surface area (TPSA) is 20.2 Å². The highest BCUT2D eigenvalue weighted by molar-refractivity contribution is 5.14. The molecule has 1 atom stereocenters. The third-order valence-electron chi connectivity index (χ3n) is 3.88. The highest BCUT2D eigenvalue weighted by Gasteiger charge is 2.22. The Hall–Kier alpha value is -0.820. The molecule has 0 unspecified atom stereocenters. The van der Waals surface area contributed by atoms with Crippen LogP contribution >= 0.6 is 0 Å². The molecule has 0 spiro atoms. The lowest BCUT2D eigenvalue weighted by atomic mass is 9.80. The monoisotopic (exact) mass is 248 g/mol. The standard InChI is InChI=1S/C17H28O/c1-3-4-5-9-13-17(2,15-18)14-12-16-10-7-6-8-11-16/h6-8,10-11,18H,3-5,9,12-15H2,1-2H3/t17-/m1/s1. The maximum Gasteiger partial charge on any atom is 0.0484 e. The van der Waals surface area contributed by atoms with Gasteiger partial charge < -0.3 is 5.11 Å². The van der Waals surface area contributed by atoms with Gasteiger partial charge in [0.15, 0.2) is 0 Å². The molecule has 0 radical (unpaired) electrons. The zero-order chi connectivity index (χ0) is 13.3. The van der Waals surface area contributed by atoms with Crippen LogP contribution in [-0.4, -0.2) is 11.7 Å². The zero-order valence-corrected chi connectivity index (χ0v) is 12.0.